The number of nitrogens with one attached hydrogen (secondary N) is 1. The van der Waals surface area contributed by atoms with Crippen molar-refractivity contribution in [1.29, 1.82) is 0 Å². The highest BCUT2D eigenvalue weighted by molar-refractivity contribution is 7.89. The van der Waals surface area contributed by atoms with Crippen molar-refractivity contribution in [3.05, 3.63) is 89.0 Å². The molecule has 0 fully saturated rings. The Morgan fingerprint density at radius 3 is 2.03 bits per heavy atom. The third-order valence-corrected chi connectivity index (χ3v) is 7.55. The topological polar surface area (TPSA) is 84.9 Å². The summed E-state index contributed by atoms with van der Waals surface area (Å²) in [4.78, 5) is 13.2. The summed E-state index contributed by atoms with van der Waals surface area (Å²) in [5.74, 6) is 0.729. The van der Waals surface area contributed by atoms with Crippen LogP contribution in [0, 0.1) is 13.8 Å². The van der Waals surface area contributed by atoms with E-state index in [2.05, 4.69) is 5.32 Å². The number of ether oxygens (including phenoxy) is 2. The van der Waals surface area contributed by atoms with Gasteiger partial charge in [0.05, 0.1) is 31.7 Å². The molecule has 1 N–H and O–H groups in total. The predicted octanol–water partition coefficient (Wildman–Crippen LogP) is 4.39. The van der Waals surface area contributed by atoms with Crippen LogP contribution in [0.15, 0.2) is 71.6 Å². The molecular weight excluding hydrogens is 464 g/mol. The van der Waals surface area contributed by atoms with Crippen LogP contribution in [0.4, 0.5) is 0 Å². The first-order valence-corrected chi connectivity index (χ1v) is 12.7. The second-order valence-electron chi connectivity index (χ2n) is 8.48. The van der Waals surface area contributed by atoms with E-state index >= 15 is 0 Å². The van der Waals surface area contributed by atoms with Crippen LogP contribution in [0.1, 0.15) is 35.2 Å². The maximum absolute atomic E-state index is 13.5. The van der Waals surface area contributed by atoms with Gasteiger partial charge in [-0.3, -0.25) is 4.79 Å². The molecule has 35 heavy (non-hydrogen) atoms. The Hall–Kier alpha value is -3.36. The van der Waals surface area contributed by atoms with Crippen molar-refractivity contribution in [2.45, 2.75) is 38.3 Å². The van der Waals surface area contributed by atoms with Gasteiger partial charge in [-0.1, -0.05) is 53.6 Å². The van der Waals surface area contributed by atoms with E-state index in [4.69, 9.17) is 9.47 Å². The van der Waals surface area contributed by atoms with Crippen molar-refractivity contribution in [3.8, 4) is 11.5 Å². The lowest BCUT2D eigenvalue weighted by Crippen LogP contribution is -2.41. The smallest absolute Gasteiger partial charge is 0.243 e. The lowest BCUT2D eigenvalue weighted by molar-refractivity contribution is -0.122. The predicted molar refractivity (Wildman–Crippen MR) is 136 cm³/mol. The van der Waals surface area contributed by atoms with E-state index in [1.165, 1.54) is 4.31 Å². The summed E-state index contributed by atoms with van der Waals surface area (Å²) in [5.41, 5.74) is 3.63. The number of methoxy groups -OCH3 is 2. The van der Waals surface area contributed by atoms with Gasteiger partial charge in [-0.2, -0.15) is 4.31 Å². The van der Waals surface area contributed by atoms with Crippen LogP contribution in [-0.4, -0.2) is 39.4 Å². The SMILES string of the molecule is COc1ccc([C@H](C)NC(=O)CN(Cc2ccc(C)cc2)S(=O)(=O)c2ccc(C)cc2)cc1OC. The highest BCUT2D eigenvalue weighted by Crippen LogP contribution is 2.30. The Kier molecular flexibility index (Phi) is 8.53. The maximum Gasteiger partial charge on any atom is 0.243 e. The van der Waals surface area contributed by atoms with E-state index in [1.807, 2.05) is 51.1 Å². The minimum atomic E-state index is -3.91. The van der Waals surface area contributed by atoms with Crippen LogP contribution in [-0.2, 0) is 21.4 Å². The Balaban J connectivity index is 1.83. The molecule has 0 radical (unpaired) electrons. The molecule has 0 spiro atoms. The van der Waals surface area contributed by atoms with Crippen molar-refractivity contribution in [1.82, 2.24) is 9.62 Å². The second-order valence-corrected chi connectivity index (χ2v) is 10.4. The quantitative estimate of drug-likeness (QED) is 0.450. The van der Waals surface area contributed by atoms with Crippen LogP contribution in [0.3, 0.4) is 0 Å². The monoisotopic (exact) mass is 496 g/mol. The van der Waals surface area contributed by atoms with Gasteiger partial charge in [0.1, 0.15) is 0 Å². The molecule has 8 heteroatoms. The normalized spacial score (nSPS) is 12.3. The van der Waals surface area contributed by atoms with Gasteiger partial charge in [-0.05, 0) is 56.2 Å². The third-order valence-electron chi connectivity index (χ3n) is 5.74. The molecule has 0 aliphatic rings. The molecule has 0 aliphatic heterocycles. The van der Waals surface area contributed by atoms with Crippen LogP contribution in [0.2, 0.25) is 0 Å². The summed E-state index contributed by atoms with van der Waals surface area (Å²) >= 11 is 0. The molecule has 3 rings (SSSR count). The van der Waals surface area contributed by atoms with Gasteiger partial charge < -0.3 is 14.8 Å². The fourth-order valence-corrected chi connectivity index (χ4v) is 5.02. The highest BCUT2D eigenvalue weighted by Gasteiger charge is 2.27. The molecule has 0 heterocycles. The Labute approximate surface area is 207 Å². The van der Waals surface area contributed by atoms with Gasteiger partial charge >= 0.3 is 0 Å². The van der Waals surface area contributed by atoms with E-state index in [-0.39, 0.29) is 24.0 Å². The zero-order valence-corrected chi connectivity index (χ0v) is 21.6. The summed E-state index contributed by atoms with van der Waals surface area (Å²) in [6, 6.07) is 19.2. The van der Waals surface area contributed by atoms with Crippen LogP contribution < -0.4 is 14.8 Å². The van der Waals surface area contributed by atoms with Crippen molar-refractivity contribution < 1.29 is 22.7 Å². The average molecular weight is 497 g/mol. The average Bonchev–Trinajstić information content (AvgIpc) is 2.84. The van der Waals surface area contributed by atoms with Crippen LogP contribution in [0.25, 0.3) is 0 Å². The van der Waals surface area contributed by atoms with Gasteiger partial charge in [-0.25, -0.2) is 8.42 Å². The number of nitrogens with zero attached hydrogens (tertiary/aromatic N) is 1. The van der Waals surface area contributed by atoms with Gasteiger partial charge in [0.2, 0.25) is 15.9 Å². The summed E-state index contributed by atoms with van der Waals surface area (Å²) in [6.45, 7) is 5.45. The van der Waals surface area contributed by atoms with Gasteiger partial charge in [0.25, 0.3) is 0 Å². The maximum atomic E-state index is 13.5. The number of aryl methyl sites for hydroxylation is 2. The summed E-state index contributed by atoms with van der Waals surface area (Å²) in [7, 11) is -0.805. The van der Waals surface area contributed by atoms with E-state index in [0.717, 1.165) is 22.3 Å². The van der Waals surface area contributed by atoms with Gasteiger partial charge in [0, 0.05) is 6.54 Å². The molecule has 0 saturated carbocycles. The lowest BCUT2D eigenvalue weighted by Gasteiger charge is -2.23. The number of hydrogen-bond acceptors (Lipinski definition) is 5. The molecule has 0 saturated heterocycles. The minimum absolute atomic E-state index is 0.0780. The number of rotatable bonds is 10. The molecule has 186 valence electrons. The standard InChI is InChI=1S/C27H32N2O5S/c1-19-6-10-22(11-7-19)17-29(35(31,32)24-13-8-20(2)9-14-24)18-27(30)28-21(3)23-12-15-25(33-4)26(16-23)34-5/h6-16,21H,17-18H2,1-5H3,(H,28,30)/t21-/m0/s1. The van der Waals surface area contributed by atoms with E-state index in [9.17, 15) is 13.2 Å². The molecule has 0 bridgehead atoms. The molecule has 1 amide bonds. The molecular formula is C27H32N2O5S. The van der Waals surface area contributed by atoms with Crippen molar-refractivity contribution >= 4 is 15.9 Å². The van der Waals surface area contributed by atoms with Gasteiger partial charge in [-0.15, -0.1) is 0 Å². The summed E-state index contributed by atoms with van der Waals surface area (Å²) < 4.78 is 38.8. The number of carbonyl (C=O) groups is 1. The number of sulfonamides is 1. The van der Waals surface area contributed by atoms with Crippen LogP contribution in [0.5, 0.6) is 11.5 Å². The number of hydrogen-bond donors (Lipinski definition) is 1. The van der Waals surface area contributed by atoms with Crippen LogP contribution >= 0.6 is 0 Å². The number of carbonyl (C=O) groups excluding carboxylic acids is 1. The fraction of sp³-hybridized carbons (Fsp3) is 0.296. The molecule has 0 aliphatic carbocycles. The van der Waals surface area contributed by atoms with E-state index in [0.29, 0.717) is 11.5 Å². The fourth-order valence-electron chi connectivity index (χ4n) is 3.64. The van der Waals surface area contributed by atoms with E-state index in [1.54, 1.807) is 50.6 Å². The molecule has 1 atom stereocenters. The highest BCUT2D eigenvalue weighted by atomic mass is 32.2. The first-order valence-electron chi connectivity index (χ1n) is 11.3. The largest absolute Gasteiger partial charge is 0.493 e. The molecule has 0 aromatic heterocycles. The Morgan fingerprint density at radius 1 is 0.886 bits per heavy atom. The molecule has 3 aromatic rings. The van der Waals surface area contributed by atoms with Gasteiger partial charge in [0.15, 0.2) is 11.5 Å². The Bertz CT molecular complexity index is 1260. The molecule has 0 unspecified atom stereocenters. The first kappa shape index (κ1) is 26.2. The number of benzene rings is 3. The second kappa shape index (κ2) is 11.4. The molecule has 7 nitrogen and oxygen atoms in total. The zero-order valence-electron chi connectivity index (χ0n) is 20.7. The lowest BCUT2D eigenvalue weighted by atomic mass is 10.1. The Morgan fingerprint density at radius 2 is 1.46 bits per heavy atom. The summed E-state index contributed by atoms with van der Waals surface area (Å²) in [5, 5.41) is 2.90. The number of amides is 1. The van der Waals surface area contributed by atoms with Crippen molar-refractivity contribution in [3.63, 3.8) is 0 Å². The third kappa shape index (κ3) is 6.61. The molecule has 3 aromatic carbocycles. The van der Waals surface area contributed by atoms with Crippen molar-refractivity contribution in [2.75, 3.05) is 20.8 Å². The first-order chi connectivity index (χ1) is 16.6. The summed E-state index contributed by atoms with van der Waals surface area (Å²) in [6.07, 6.45) is 0. The zero-order chi connectivity index (χ0) is 25.6. The van der Waals surface area contributed by atoms with E-state index < -0.39 is 15.9 Å². The minimum Gasteiger partial charge on any atom is -0.493 e. The van der Waals surface area contributed by atoms with Crippen molar-refractivity contribution in [2.24, 2.45) is 0 Å².